The molecule has 3 N–H and O–H groups in total. The Morgan fingerprint density at radius 3 is 2.55 bits per heavy atom. The molecule has 1 aliphatic carbocycles. The molecule has 0 heterocycles. The Morgan fingerprint density at radius 2 is 2.00 bits per heavy atom. The van der Waals surface area contributed by atoms with Crippen LogP contribution in [0.3, 0.4) is 0 Å². The second kappa shape index (κ2) is 5.90. The topological polar surface area (TPSA) is 83.6 Å². The molecule has 1 aromatic carbocycles. The van der Waals surface area contributed by atoms with Gasteiger partial charge in [-0.1, -0.05) is 18.9 Å². The van der Waals surface area contributed by atoms with Crippen molar-refractivity contribution in [3.63, 3.8) is 0 Å². The van der Waals surface area contributed by atoms with Gasteiger partial charge in [-0.15, -0.1) is 0 Å². The summed E-state index contributed by atoms with van der Waals surface area (Å²) in [7, 11) is 0. The molecule has 0 spiro atoms. The maximum atomic E-state index is 13.8. The largest absolute Gasteiger partial charge is 0.507 e. The molecule has 6 heteroatoms. The van der Waals surface area contributed by atoms with E-state index in [2.05, 4.69) is 0 Å². The average molecular weight is 280 g/mol. The van der Waals surface area contributed by atoms with Crippen molar-refractivity contribution in [2.45, 2.75) is 31.7 Å². The monoisotopic (exact) mass is 280 g/mol. The maximum absolute atomic E-state index is 13.8. The van der Waals surface area contributed by atoms with E-state index in [1.807, 2.05) is 0 Å². The van der Waals surface area contributed by atoms with E-state index < -0.39 is 28.9 Å². The van der Waals surface area contributed by atoms with Crippen molar-refractivity contribution in [1.82, 2.24) is 4.90 Å². The number of carbonyl (C=O) groups excluding carboxylic acids is 2. The fourth-order valence-electron chi connectivity index (χ4n) is 2.62. The van der Waals surface area contributed by atoms with Crippen molar-refractivity contribution < 1.29 is 19.1 Å². The molecule has 0 unspecified atom stereocenters. The standard InChI is InChI=1S/C14H17FN2O3/c15-10-6-3-7-11(18)13(10)14(20)17(8-12(16)19)9-4-1-2-5-9/h3,6-7,9,18H,1-2,4-5,8H2,(H2,16,19). The van der Waals surface area contributed by atoms with Crippen LogP contribution in [0, 0.1) is 5.82 Å². The molecule has 0 aromatic heterocycles. The molecule has 2 rings (SSSR count). The average Bonchev–Trinajstić information content (AvgIpc) is 2.88. The van der Waals surface area contributed by atoms with Gasteiger partial charge in [0, 0.05) is 6.04 Å². The zero-order chi connectivity index (χ0) is 14.7. The third-order valence-corrected chi connectivity index (χ3v) is 3.56. The van der Waals surface area contributed by atoms with Gasteiger partial charge >= 0.3 is 0 Å². The summed E-state index contributed by atoms with van der Waals surface area (Å²) in [5.74, 6) is -2.57. The molecule has 5 nitrogen and oxygen atoms in total. The highest BCUT2D eigenvalue weighted by atomic mass is 19.1. The minimum atomic E-state index is -0.803. The Hall–Kier alpha value is -2.11. The Morgan fingerprint density at radius 1 is 1.35 bits per heavy atom. The van der Waals surface area contributed by atoms with Gasteiger partial charge in [0.2, 0.25) is 5.91 Å². The van der Waals surface area contributed by atoms with Crippen LogP contribution >= 0.6 is 0 Å². The number of aromatic hydroxyl groups is 1. The smallest absolute Gasteiger partial charge is 0.261 e. The Balaban J connectivity index is 2.32. The van der Waals surface area contributed by atoms with Gasteiger partial charge in [-0.25, -0.2) is 4.39 Å². The molecule has 20 heavy (non-hydrogen) atoms. The number of hydrogen-bond donors (Lipinski definition) is 2. The fraction of sp³-hybridized carbons (Fsp3) is 0.429. The Bertz CT molecular complexity index is 507. The number of hydrogen-bond acceptors (Lipinski definition) is 3. The SMILES string of the molecule is NC(=O)CN(C(=O)c1c(O)cccc1F)C1CCCC1. The highest BCUT2D eigenvalue weighted by Gasteiger charge is 2.31. The first-order valence-electron chi connectivity index (χ1n) is 6.57. The maximum Gasteiger partial charge on any atom is 0.261 e. The summed E-state index contributed by atoms with van der Waals surface area (Å²) in [6, 6.07) is 3.53. The van der Waals surface area contributed by atoms with Crippen LogP contribution in [-0.2, 0) is 4.79 Å². The van der Waals surface area contributed by atoms with Crippen LogP contribution < -0.4 is 5.73 Å². The number of phenols is 1. The summed E-state index contributed by atoms with van der Waals surface area (Å²) in [4.78, 5) is 24.8. The number of primary amides is 1. The fourth-order valence-corrected chi connectivity index (χ4v) is 2.62. The van der Waals surface area contributed by atoms with Crippen LogP contribution in [0.15, 0.2) is 18.2 Å². The number of amides is 2. The van der Waals surface area contributed by atoms with Crippen molar-refractivity contribution in [3.8, 4) is 5.75 Å². The van der Waals surface area contributed by atoms with Crippen LogP contribution in [0.5, 0.6) is 5.75 Å². The molecule has 108 valence electrons. The summed E-state index contributed by atoms with van der Waals surface area (Å²) in [6.45, 7) is -0.267. The Kier molecular flexibility index (Phi) is 4.22. The lowest BCUT2D eigenvalue weighted by Crippen LogP contribution is -2.44. The van der Waals surface area contributed by atoms with Crippen LogP contribution in [0.25, 0.3) is 0 Å². The van der Waals surface area contributed by atoms with E-state index in [0.717, 1.165) is 31.7 Å². The third kappa shape index (κ3) is 2.89. The summed E-state index contributed by atoms with van der Waals surface area (Å²) >= 11 is 0. The van der Waals surface area contributed by atoms with Crippen LogP contribution in [0.1, 0.15) is 36.0 Å². The predicted molar refractivity (Wildman–Crippen MR) is 70.6 cm³/mol. The van der Waals surface area contributed by atoms with Gasteiger partial charge in [0.05, 0.1) is 6.54 Å². The van der Waals surface area contributed by atoms with E-state index in [4.69, 9.17) is 5.73 Å². The molecule has 0 saturated heterocycles. The molecule has 0 atom stereocenters. The molecule has 1 fully saturated rings. The van der Waals surface area contributed by atoms with Crippen molar-refractivity contribution in [1.29, 1.82) is 0 Å². The number of carbonyl (C=O) groups is 2. The highest BCUT2D eigenvalue weighted by Crippen LogP contribution is 2.28. The van der Waals surface area contributed by atoms with Crippen molar-refractivity contribution in [2.24, 2.45) is 5.73 Å². The molecule has 0 radical (unpaired) electrons. The number of nitrogens with zero attached hydrogens (tertiary/aromatic N) is 1. The quantitative estimate of drug-likeness (QED) is 0.874. The second-order valence-corrected chi connectivity index (χ2v) is 4.97. The first kappa shape index (κ1) is 14.3. The second-order valence-electron chi connectivity index (χ2n) is 4.97. The molecular weight excluding hydrogens is 263 g/mol. The van der Waals surface area contributed by atoms with E-state index in [1.165, 1.54) is 17.0 Å². The number of nitrogens with two attached hydrogens (primary N) is 1. The highest BCUT2D eigenvalue weighted by molar-refractivity contribution is 5.99. The van der Waals surface area contributed by atoms with Crippen molar-refractivity contribution in [3.05, 3.63) is 29.6 Å². The van der Waals surface area contributed by atoms with Crippen LogP contribution in [0.2, 0.25) is 0 Å². The first-order valence-corrected chi connectivity index (χ1v) is 6.57. The minimum Gasteiger partial charge on any atom is -0.507 e. The lowest BCUT2D eigenvalue weighted by atomic mass is 10.1. The molecule has 1 aromatic rings. The van der Waals surface area contributed by atoms with Crippen molar-refractivity contribution in [2.75, 3.05) is 6.54 Å². The number of benzene rings is 1. The van der Waals surface area contributed by atoms with Crippen molar-refractivity contribution >= 4 is 11.8 Å². The minimum absolute atomic E-state index is 0.131. The van der Waals surface area contributed by atoms with E-state index in [9.17, 15) is 19.1 Å². The van der Waals surface area contributed by atoms with Gasteiger partial charge in [-0.2, -0.15) is 0 Å². The molecular formula is C14H17FN2O3. The summed E-state index contributed by atoms with van der Waals surface area (Å²) in [5.41, 5.74) is 4.76. The number of phenolic OH excluding ortho intramolecular Hbond substituents is 1. The number of rotatable bonds is 4. The van der Waals surface area contributed by atoms with Gasteiger partial charge in [0.1, 0.15) is 17.1 Å². The predicted octanol–water partition coefficient (Wildman–Crippen LogP) is 1.40. The van der Waals surface area contributed by atoms with E-state index in [0.29, 0.717) is 0 Å². The Labute approximate surface area is 116 Å². The molecule has 1 saturated carbocycles. The third-order valence-electron chi connectivity index (χ3n) is 3.56. The van der Waals surface area contributed by atoms with E-state index in [1.54, 1.807) is 0 Å². The first-order chi connectivity index (χ1) is 9.50. The summed E-state index contributed by atoms with van der Waals surface area (Å²) in [5, 5.41) is 9.68. The van der Waals surface area contributed by atoms with Crippen LogP contribution in [0.4, 0.5) is 4.39 Å². The van der Waals surface area contributed by atoms with E-state index in [-0.39, 0.29) is 12.6 Å². The van der Waals surface area contributed by atoms with Gasteiger partial charge in [-0.05, 0) is 25.0 Å². The zero-order valence-electron chi connectivity index (χ0n) is 11.0. The van der Waals surface area contributed by atoms with Gasteiger partial charge in [0.15, 0.2) is 0 Å². The molecule has 0 bridgehead atoms. The summed E-state index contributed by atoms with van der Waals surface area (Å²) in [6.07, 6.45) is 3.43. The van der Waals surface area contributed by atoms with Crippen LogP contribution in [-0.4, -0.2) is 34.4 Å². The van der Waals surface area contributed by atoms with Gasteiger partial charge in [-0.3, -0.25) is 9.59 Å². The normalized spacial score (nSPS) is 15.2. The lowest BCUT2D eigenvalue weighted by Gasteiger charge is -2.28. The van der Waals surface area contributed by atoms with Gasteiger partial charge in [0.25, 0.3) is 5.91 Å². The molecule has 2 amide bonds. The van der Waals surface area contributed by atoms with Gasteiger partial charge < -0.3 is 15.7 Å². The summed E-state index contributed by atoms with van der Waals surface area (Å²) < 4.78 is 13.8. The molecule has 1 aliphatic rings. The zero-order valence-corrected chi connectivity index (χ0v) is 11.0. The lowest BCUT2D eigenvalue weighted by molar-refractivity contribution is -0.119. The number of halogens is 1. The van der Waals surface area contributed by atoms with E-state index >= 15 is 0 Å². The molecule has 0 aliphatic heterocycles.